The van der Waals surface area contributed by atoms with Crippen molar-refractivity contribution < 1.29 is 13.2 Å². The quantitative estimate of drug-likeness (QED) is 0.669. The van der Waals surface area contributed by atoms with E-state index < -0.39 is 9.84 Å². The highest BCUT2D eigenvalue weighted by molar-refractivity contribution is 7.90. The second kappa shape index (κ2) is 7.68. The minimum Gasteiger partial charge on any atom is -0.322 e. The predicted octanol–water partition coefficient (Wildman–Crippen LogP) is 4.97. The van der Waals surface area contributed by atoms with E-state index in [-0.39, 0.29) is 10.8 Å². The van der Waals surface area contributed by atoms with Crippen LogP contribution in [0.1, 0.15) is 27.9 Å². The molecule has 4 nitrogen and oxygen atoms in total. The highest BCUT2D eigenvalue weighted by atomic mass is 32.2. The third-order valence-corrected chi connectivity index (χ3v) is 6.15. The van der Waals surface area contributed by atoms with E-state index in [1.54, 1.807) is 12.1 Å². The second-order valence-corrected chi connectivity index (χ2v) is 9.17. The molecule has 0 saturated heterocycles. The Morgan fingerprint density at radius 2 is 1.72 bits per heavy atom. The summed E-state index contributed by atoms with van der Waals surface area (Å²) in [5.74, 6) is -0.344. The lowest BCUT2D eigenvalue weighted by Crippen LogP contribution is -2.12. The molecule has 1 N–H and O–H groups in total. The number of hydrogen-bond donors (Lipinski definition) is 1. The van der Waals surface area contributed by atoms with Gasteiger partial charge in [0.2, 0.25) is 0 Å². The Kier molecular flexibility index (Phi) is 5.07. The van der Waals surface area contributed by atoms with Gasteiger partial charge >= 0.3 is 0 Å². The molecule has 0 radical (unpaired) electrons. The summed E-state index contributed by atoms with van der Waals surface area (Å²) in [6.07, 6.45) is 7.63. The minimum atomic E-state index is -3.36. The Balaban J connectivity index is 1.56. The van der Waals surface area contributed by atoms with Gasteiger partial charge in [0, 0.05) is 17.5 Å². The topological polar surface area (TPSA) is 63.2 Å². The van der Waals surface area contributed by atoms with Gasteiger partial charge in [0.1, 0.15) is 0 Å². The SMILES string of the molecule is CS(=O)(=O)c1cccc(C(=O)Nc2ccc(-c3cccc4c3C=CCC4)cc2)c1. The fourth-order valence-electron chi connectivity index (χ4n) is 3.52. The van der Waals surface area contributed by atoms with Crippen LogP contribution in [0, 0.1) is 0 Å². The number of amides is 1. The lowest BCUT2D eigenvalue weighted by Gasteiger charge is -2.15. The summed E-state index contributed by atoms with van der Waals surface area (Å²) < 4.78 is 23.4. The summed E-state index contributed by atoms with van der Waals surface area (Å²) in [6, 6.07) is 20.1. The highest BCUT2D eigenvalue weighted by Crippen LogP contribution is 2.31. The zero-order valence-electron chi connectivity index (χ0n) is 16.1. The third-order valence-electron chi connectivity index (χ3n) is 5.04. The lowest BCUT2D eigenvalue weighted by molar-refractivity contribution is 0.102. The van der Waals surface area contributed by atoms with Crippen LogP contribution in [0.3, 0.4) is 0 Å². The first-order chi connectivity index (χ1) is 13.9. The number of nitrogens with one attached hydrogen (secondary N) is 1. The molecule has 0 bridgehead atoms. The second-order valence-electron chi connectivity index (χ2n) is 7.15. The van der Waals surface area contributed by atoms with E-state index in [2.05, 4.69) is 35.7 Å². The summed E-state index contributed by atoms with van der Waals surface area (Å²) in [5.41, 5.74) is 5.84. The Hall–Kier alpha value is -3.18. The molecule has 5 heteroatoms. The van der Waals surface area contributed by atoms with Gasteiger partial charge in [-0.15, -0.1) is 0 Å². The van der Waals surface area contributed by atoms with Gasteiger partial charge in [0.25, 0.3) is 5.91 Å². The molecule has 4 rings (SSSR count). The zero-order chi connectivity index (χ0) is 20.4. The zero-order valence-corrected chi connectivity index (χ0v) is 16.9. The number of sulfone groups is 1. The van der Waals surface area contributed by atoms with Crippen molar-refractivity contribution in [2.24, 2.45) is 0 Å². The van der Waals surface area contributed by atoms with Gasteiger partial charge in [-0.3, -0.25) is 4.79 Å². The molecule has 0 aromatic heterocycles. The van der Waals surface area contributed by atoms with Gasteiger partial charge in [-0.25, -0.2) is 8.42 Å². The average Bonchev–Trinajstić information content (AvgIpc) is 2.73. The molecule has 1 aliphatic carbocycles. The number of carbonyl (C=O) groups is 1. The van der Waals surface area contributed by atoms with Gasteiger partial charge in [0.15, 0.2) is 9.84 Å². The number of fused-ring (bicyclic) bond motifs is 1. The van der Waals surface area contributed by atoms with Crippen molar-refractivity contribution in [2.75, 3.05) is 11.6 Å². The number of anilines is 1. The predicted molar refractivity (Wildman–Crippen MR) is 117 cm³/mol. The van der Waals surface area contributed by atoms with E-state index in [4.69, 9.17) is 0 Å². The molecule has 0 atom stereocenters. The van der Waals surface area contributed by atoms with Crippen LogP contribution < -0.4 is 5.32 Å². The van der Waals surface area contributed by atoms with Gasteiger partial charge in [-0.1, -0.05) is 48.6 Å². The fraction of sp³-hybridized carbons (Fsp3) is 0.125. The molecule has 0 saturated carbocycles. The van der Waals surface area contributed by atoms with Gasteiger partial charge in [-0.05, 0) is 65.4 Å². The molecule has 0 spiro atoms. The molecule has 0 aliphatic heterocycles. The number of hydrogen-bond acceptors (Lipinski definition) is 3. The Morgan fingerprint density at radius 3 is 2.48 bits per heavy atom. The van der Waals surface area contributed by atoms with Crippen LogP contribution in [0.4, 0.5) is 5.69 Å². The third kappa shape index (κ3) is 4.15. The van der Waals surface area contributed by atoms with E-state index >= 15 is 0 Å². The van der Waals surface area contributed by atoms with Gasteiger partial charge < -0.3 is 5.32 Å². The van der Waals surface area contributed by atoms with Crippen LogP contribution in [-0.4, -0.2) is 20.6 Å². The molecule has 146 valence electrons. The van der Waals surface area contributed by atoms with Crippen LogP contribution in [0.2, 0.25) is 0 Å². The molecule has 0 unspecified atom stereocenters. The highest BCUT2D eigenvalue weighted by Gasteiger charge is 2.13. The van der Waals surface area contributed by atoms with E-state index in [0.29, 0.717) is 11.3 Å². The van der Waals surface area contributed by atoms with Gasteiger partial charge in [0.05, 0.1) is 4.90 Å². The molecular formula is C24H21NO3S. The normalized spacial score (nSPS) is 13.0. The molecule has 0 heterocycles. The van der Waals surface area contributed by atoms with Crippen molar-refractivity contribution in [3.8, 4) is 11.1 Å². The number of aryl methyl sites for hydroxylation is 1. The molecule has 1 aliphatic rings. The van der Waals surface area contributed by atoms with E-state index in [0.717, 1.165) is 24.7 Å². The first-order valence-electron chi connectivity index (χ1n) is 9.42. The molecule has 3 aromatic carbocycles. The summed E-state index contributed by atoms with van der Waals surface area (Å²) in [4.78, 5) is 12.7. The summed E-state index contributed by atoms with van der Waals surface area (Å²) >= 11 is 0. The monoisotopic (exact) mass is 403 g/mol. The van der Waals surface area contributed by atoms with Crippen molar-refractivity contribution in [1.82, 2.24) is 0 Å². The Bertz CT molecular complexity index is 1210. The van der Waals surface area contributed by atoms with Crippen molar-refractivity contribution in [3.05, 3.63) is 89.5 Å². The van der Waals surface area contributed by atoms with Crippen molar-refractivity contribution in [2.45, 2.75) is 17.7 Å². The van der Waals surface area contributed by atoms with E-state index in [1.165, 1.54) is 28.8 Å². The number of rotatable bonds is 4. The molecule has 0 fully saturated rings. The number of allylic oxidation sites excluding steroid dienone is 1. The maximum atomic E-state index is 12.5. The largest absolute Gasteiger partial charge is 0.322 e. The maximum absolute atomic E-state index is 12.5. The Labute approximate surface area is 170 Å². The number of benzene rings is 3. The standard InChI is InChI=1S/C24H21NO3S/c1-29(27,28)21-9-4-8-19(16-21)24(26)25-20-14-12-18(13-15-20)23-11-5-7-17-6-2-3-10-22(17)23/h3-5,7-16H,2,6H2,1H3,(H,25,26). The van der Waals surface area contributed by atoms with Crippen molar-refractivity contribution in [3.63, 3.8) is 0 Å². The van der Waals surface area contributed by atoms with Crippen LogP contribution in [0.5, 0.6) is 0 Å². The summed E-state index contributed by atoms with van der Waals surface area (Å²) in [7, 11) is -3.36. The van der Waals surface area contributed by atoms with Crippen LogP contribution in [-0.2, 0) is 16.3 Å². The molecule has 3 aromatic rings. The van der Waals surface area contributed by atoms with E-state index in [9.17, 15) is 13.2 Å². The smallest absolute Gasteiger partial charge is 0.255 e. The maximum Gasteiger partial charge on any atom is 0.255 e. The first-order valence-corrected chi connectivity index (χ1v) is 11.3. The van der Waals surface area contributed by atoms with Crippen molar-refractivity contribution >= 4 is 27.5 Å². The minimum absolute atomic E-state index is 0.127. The van der Waals surface area contributed by atoms with Crippen LogP contribution >= 0.6 is 0 Å². The number of carbonyl (C=O) groups excluding carboxylic acids is 1. The van der Waals surface area contributed by atoms with Gasteiger partial charge in [-0.2, -0.15) is 0 Å². The van der Waals surface area contributed by atoms with Crippen LogP contribution in [0.15, 0.2) is 77.7 Å². The lowest BCUT2D eigenvalue weighted by atomic mass is 9.90. The average molecular weight is 404 g/mol. The van der Waals surface area contributed by atoms with E-state index in [1.807, 2.05) is 24.3 Å². The summed E-state index contributed by atoms with van der Waals surface area (Å²) in [5, 5.41) is 2.83. The fourth-order valence-corrected chi connectivity index (χ4v) is 4.19. The Morgan fingerprint density at radius 1 is 0.966 bits per heavy atom. The molecule has 29 heavy (non-hydrogen) atoms. The van der Waals surface area contributed by atoms with Crippen molar-refractivity contribution in [1.29, 1.82) is 0 Å². The molecular weight excluding hydrogens is 382 g/mol. The first kappa shape index (κ1) is 19.2. The summed E-state index contributed by atoms with van der Waals surface area (Å²) in [6.45, 7) is 0. The molecule has 1 amide bonds. The van der Waals surface area contributed by atoms with Crippen LogP contribution in [0.25, 0.3) is 17.2 Å².